The molecule has 3 nitrogen and oxygen atoms in total. The fraction of sp³-hybridized carbons (Fsp3) is 0.300. The Morgan fingerprint density at radius 1 is 1.50 bits per heavy atom. The van der Waals surface area contributed by atoms with Crippen LogP contribution in [0.2, 0.25) is 5.02 Å². The molecule has 0 aliphatic heterocycles. The zero-order chi connectivity index (χ0) is 10.6. The fourth-order valence-electron chi connectivity index (χ4n) is 1.26. The summed E-state index contributed by atoms with van der Waals surface area (Å²) in [7, 11) is 0. The van der Waals surface area contributed by atoms with Crippen molar-refractivity contribution in [2.45, 2.75) is 6.92 Å². The van der Waals surface area contributed by atoms with Gasteiger partial charge in [-0.3, -0.25) is 4.79 Å². The van der Waals surface area contributed by atoms with E-state index < -0.39 is 0 Å². The van der Waals surface area contributed by atoms with Gasteiger partial charge in [-0.1, -0.05) is 23.7 Å². The number of hydrogen-bond donors (Lipinski definition) is 1. The lowest BCUT2D eigenvalue weighted by molar-refractivity contribution is -0.117. The molecule has 4 heteroatoms. The van der Waals surface area contributed by atoms with Gasteiger partial charge in [-0.25, -0.2) is 0 Å². The van der Waals surface area contributed by atoms with Crippen molar-refractivity contribution >= 4 is 23.2 Å². The lowest BCUT2D eigenvalue weighted by Gasteiger charge is -2.21. The molecule has 1 amide bonds. The Balaban J connectivity index is 3.01. The highest BCUT2D eigenvalue weighted by Gasteiger charge is 2.13. The first-order valence-corrected chi connectivity index (χ1v) is 4.83. The smallest absolute Gasteiger partial charge is 0.240 e. The first-order valence-electron chi connectivity index (χ1n) is 4.45. The average molecular weight is 213 g/mol. The molecule has 2 N–H and O–H groups in total. The Morgan fingerprint density at radius 3 is 2.64 bits per heavy atom. The molecule has 0 saturated carbocycles. The number of nitrogens with zero attached hydrogens (tertiary/aromatic N) is 1. The van der Waals surface area contributed by atoms with Gasteiger partial charge < -0.3 is 10.6 Å². The number of amides is 1. The van der Waals surface area contributed by atoms with Crippen molar-refractivity contribution in [3.63, 3.8) is 0 Å². The number of halogens is 1. The summed E-state index contributed by atoms with van der Waals surface area (Å²) in [5.74, 6) is -0.124. The van der Waals surface area contributed by atoms with E-state index in [1.54, 1.807) is 17.0 Å². The normalized spacial score (nSPS) is 9.93. The van der Waals surface area contributed by atoms with Crippen LogP contribution in [0.4, 0.5) is 5.69 Å². The molecule has 0 heterocycles. The van der Waals surface area contributed by atoms with Crippen LogP contribution in [0, 0.1) is 0 Å². The van der Waals surface area contributed by atoms with E-state index in [4.69, 9.17) is 17.3 Å². The Bertz CT molecular complexity index is 328. The van der Waals surface area contributed by atoms with Crippen molar-refractivity contribution in [3.05, 3.63) is 29.3 Å². The van der Waals surface area contributed by atoms with Crippen LogP contribution in [0.25, 0.3) is 0 Å². The van der Waals surface area contributed by atoms with Gasteiger partial charge in [-0.05, 0) is 19.1 Å². The maximum Gasteiger partial charge on any atom is 0.240 e. The minimum Gasteiger partial charge on any atom is -0.322 e. The van der Waals surface area contributed by atoms with Gasteiger partial charge in [0.1, 0.15) is 0 Å². The molecule has 0 aromatic heterocycles. The largest absolute Gasteiger partial charge is 0.322 e. The lowest BCUT2D eigenvalue weighted by Crippen LogP contribution is -2.35. The highest BCUT2D eigenvalue weighted by molar-refractivity contribution is 6.33. The molecule has 0 atom stereocenters. The van der Waals surface area contributed by atoms with Crippen LogP contribution in [0.5, 0.6) is 0 Å². The Kier molecular flexibility index (Phi) is 3.92. The second-order valence-electron chi connectivity index (χ2n) is 2.79. The first-order chi connectivity index (χ1) is 6.70. The molecule has 0 aliphatic carbocycles. The van der Waals surface area contributed by atoms with E-state index >= 15 is 0 Å². The third-order valence-corrected chi connectivity index (χ3v) is 2.25. The third-order valence-electron chi connectivity index (χ3n) is 1.94. The second-order valence-corrected chi connectivity index (χ2v) is 3.20. The number of para-hydroxylation sites is 1. The molecule has 0 saturated heterocycles. The summed E-state index contributed by atoms with van der Waals surface area (Å²) in [5.41, 5.74) is 6.02. The molecule has 14 heavy (non-hydrogen) atoms. The number of carbonyl (C=O) groups excluding carboxylic acids is 1. The van der Waals surface area contributed by atoms with Gasteiger partial charge in [0, 0.05) is 6.54 Å². The maximum absolute atomic E-state index is 11.4. The number of benzene rings is 1. The molecule has 1 rings (SSSR count). The van der Waals surface area contributed by atoms with E-state index in [1.807, 2.05) is 19.1 Å². The van der Waals surface area contributed by atoms with Crippen LogP contribution in [0.3, 0.4) is 0 Å². The quantitative estimate of drug-likeness (QED) is 0.828. The minimum atomic E-state index is -0.124. The van der Waals surface area contributed by atoms with Crippen molar-refractivity contribution < 1.29 is 4.79 Å². The van der Waals surface area contributed by atoms with E-state index in [-0.39, 0.29) is 12.5 Å². The number of rotatable bonds is 3. The van der Waals surface area contributed by atoms with Gasteiger partial charge in [0.15, 0.2) is 0 Å². The molecule has 0 spiro atoms. The highest BCUT2D eigenvalue weighted by atomic mass is 35.5. The molecule has 1 aromatic rings. The third kappa shape index (κ3) is 2.25. The molecule has 0 bridgehead atoms. The molecule has 0 fully saturated rings. The van der Waals surface area contributed by atoms with Crippen LogP contribution in [-0.2, 0) is 4.79 Å². The fourth-order valence-corrected chi connectivity index (χ4v) is 1.50. The average Bonchev–Trinajstić information content (AvgIpc) is 2.21. The highest BCUT2D eigenvalue weighted by Crippen LogP contribution is 2.24. The second kappa shape index (κ2) is 4.98. The first kappa shape index (κ1) is 11.0. The molecular formula is C10H13ClN2O. The monoisotopic (exact) mass is 212 g/mol. The van der Waals surface area contributed by atoms with Crippen molar-refractivity contribution in [1.29, 1.82) is 0 Å². The van der Waals surface area contributed by atoms with Gasteiger partial charge in [0.25, 0.3) is 0 Å². The molecule has 1 aromatic carbocycles. The van der Waals surface area contributed by atoms with E-state index in [0.29, 0.717) is 17.3 Å². The van der Waals surface area contributed by atoms with Gasteiger partial charge >= 0.3 is 0 Å². The van der Waals surface area contributed by atoms with Crippen LogP contribution in [0.15, 0.2) is 24.3 Å². The van der Waals surface area contributed by atoms with Crippen molar-refractivity contribution in [3.8, 4) is 0 Å². The number of anilines is 1. The Labute approximate surface area is 88.5 Å². The van der Waals surface area contributed by atoms with Crippen LogP contribution in [-0.4, -0.2) is 19.0 Å². The molecule has 76 valence electrons. The summed E-state index contributed by atoms with van der Waals surface area (Å²) in [6.07, 6.45) is 0. The predicted octanol–water partition coefficient (Wildman–Crippen LogP) is 1.65. The number of likely N-dealkylation sites (N-methyl/N-ethyl adjacent to an activating group) is 1. The van der Waals surface area contributed by atoms with Gasteiger partial charge in [0.2, 0.25) is 5.91 Å². The van der Waals surface area contributed by atoms with Crippen LogP contribution in [0.1, 0.15) is 6.92 Å². The van der Waals surface area contributed by atoms with E-state index in [1.165, 1.54) is 0 Å². The van der Waals surface area contributed by atoms with Gasteiger partial charge in [-0.15, -0.1) is 0 Å². The molecule has 0 radical (unpaired) electrons. The summed E-state index contributed by atoms with van der Waals surface area (Å²) in [6, 6.07) is 7.23. The number of carbonyl (C=O) groups is 1. The minimum absolute atomic E-state index is 0.000929. The molecule has 0 unspecified atom stereocenters. The number of hydrogen-bond acceptors (Lipinski definition) is 2. The van der Waals surface area contributed by atoms with Crippen molar-refractivity contribution in [2.75, 3.05) is 18.0 Å². The predicted molar refractivity (Wildman–Crippen MR) is 58.5 cm³/mol. The zero-order valence-electron chi connectivity index (χ0n) is 8.03. The summed E-state index contributed by atoms with van der Waals surface area (Å²) in [6.45, 7) is 2.45. The summed E-state index contributed by atoms with van der Waals surface area (Å²) >= 11 is 5.96. The molecular weight excluding hydrogens is 200 g/mol. The summed E-state index contributed by atoms with van der Waals surface area (Å²) < 4.78 is 0. The summed E-state index contributed by atoms with van der Waals surface area (Å²) in [5, 5.41) is 0.566. The van der Waals surface area contributed by atoms with Gasteiger partial charge in [-0.2, -0.15) is 0 Å². The standard InChI is InChI=1S/C10H13ClN2O/c1-2-13(10(14)7-12)9-6-4-3-5-8(9)11/h3-6H,2,7,12H2,1H3. The summed E-state index contributed by atoms with van der Waals surface area (Å²) in [4.78, 5) is 13.0. The Morgan fingerprint density at radius 2 is 2.14 bits per heavy atom. The zero-order valence-corrected chi connectivity index (χ0v) is 8.79. The van der Waals surface area contributed by atoms with E-state index in [0.717, 1.165) is 0 Å². The van der Waals surface area contributed by atoms with Gasteiger partial charge in [0.05, 0.1) is 17.3 Å². The Hall–Kier alpha value is -1.06. The topological polar surface area (TPSA) is 46.3 Å². The molecule has 0 aliphatic rings. The van der Waals surface area contributed by atoms with Crippen molar-refractivity contribution in [1.82, 2.24) is 0 Å². The van der Waals surface area contributed by atoms with E-state index in [9.17, 15) is 4.79 Å². The SMILES string of the molecule is CCN(C(=O)CN)c1ccccc1Cl. The lowest BCUT2D eigenvalue weighted by atomic mass is 10.3. The van der Waals surface area contributed by atoms with Crippen LogP contribution < -0.4 is 10.6 Å². The van der Waals surface area contributed by atoms with Crippen LogP contribution >= 0.6 is 11.6 Å². The van der Waals surface area contributed by atoms with E-state index in [2.05, 4.69) is 0 Å². The maximum atomic E-state index is 11.4. The van der Waals surface area contributed by atoms with Crippen molar-refractivity contribution in [2.24, 2.45) is 5.73 Å². The number of nitrogens with two attached hydrogens (primary N) is 1.